The second kappa shape index (κ2) is 6.39. The van der Waals surface area contributed by atoms with Crippen LogP contribution in [0.15, 0.2) is 18.2 Å². The standard InChI is InChI=1S/C14H21NO3S/c1-4-10-8-19(16)9-13(15-10)12-7-11(17-2)5-6-14(12)18-3/h5-7,10,13,15H,4,8-9H2,1-3H3. The van der Waals surface area contributed by atoms with Crippen molar-refractivity contribution in [2.45, 2.75) is 25.4 Å². The van der Waals surface area contributed by atoms with Gasteiger partial charge in [-0.1, -0.05) is 6.92 Å². The minimum atomic E-state index is -0.778. The minimum absolute atomic E-state index is 0.0598. The molecule has 19 heavy (non-hydrogen) atoms. The molecule has 1 fully saturated rings. The molecule has 1 N–H and O–H groups in total. The van der Waals surface area contributed by atoms with Crippen LogP contribution < -0.4 is 14.8 Å². The summed E-state index contributed by atoms with van der Waals surface area (Å²) in [6.07, 6.45) is 0.981. The molecule has 0 bridgehead atoms. The molecule has 1 heterocycles. The number of methoxy groups -OCH3 is 2. The SMILES string of the molecule is CCC1CS(=O)CC(c2cc(OC)ccc2OC)N1. The van der Waals surface area contributed by atoms with Crippen molar-refractivity contribution < 1.29 is 13.7 Å². The van der Waals surface area contributed by atoms with Gasteiger partial charge in [-0.25, -0.2) is 0 Å². The third-order valence-corrected chi connectivity index (χ3v) is 4.96. The zero-order valence-electron chi connectivity index (χ0n) is 11.6. The highest BCUT2D eigenvalue weighted by molar-refractivity contribution is 7.85. The van der Waals surface area contributed by atoms with E-state index in [1.54, 1.807) is 14.2 Å². The molecular formula is C14H21NO3S. The van der Waals surface area contributed by atoms with Gasteiger partial charge in [0.25, 0.3) is 0 Å². The van der Waals surface area contributed by atoms with Gasteiger partial charge in [0, 0.05) is 40.0 Å². The van der Waals surface area contributed by atoms with Crippen LogP contribution in [0.2, 0.25) is 0 Å². The summed E-state index contributed by atoms with van der Waals surface area (Å²) in [5, 5.41) is 3.55. The van der Waals surface area contributed by atoms with Gasteiger partial charge >= 0.3 is 0 Å². The second-order valence-electron chi connectivity index (χ2n) is 4.71. The first-order chi connectivity index (χ1) is 9.17. The lowest BCUT2D eigenvalue weighted by Crippen LogP contribution is -2.44. The zero-order valence-corrected chi connectivity index (χ0v) is 12.5. The Hall–Kier alpha value is -1.07. The van der Waals surface area contributed by atoms with Gasteiger partial charge in [-0.05, 0) is 24.6 Å². The fourth-order valence-corrected chi connectivity index (χ4v) is 3.95. The Labute approximate surface area is 116 Å². The maximum Gasteiger partial charge on any atom is 0.123 e. The maximum atomic E-state index is 12.0. The highest BCUT2D eigenvalue weighted by Crippen LogP contribution is 2.31. The molecule has 1 aliphatic heterocycles. The average molecular weight is 283 g/mol. The lowest BCUT2D eigenvalue weighted by Gasteiger charge is -2.31. The summed E-state index contributed by atoms with van der Waals surface area (Å²) in [7, 11) is 2.52. The van der Waals surface area contributed by atoms with Crippen LogP contribution in [0, 0.1) is 0 Å². The van der Waals surface area contributed by atoms with Crippen molar-refractivity contribution in [3.8, 4) is 11.5 Å². The van der Waals surface area contributed by atoms with Gasteiger partial charge in [-0.2, -0.15) is 0 Å². The third-order valence-electron chi connectivity index (χ3n) is 3.48. The van der Waals surface area contributed by atoms with E-state index in [0.29, 0.717) is 11.8 Å². The Balaban J connectivity index is 2.30. The van der Waals surface area contributed by atoms with E-state index in [-0.39, 0.29) is 6.04 Å². The summed E-state index contributed by atoms with van der Waals surface area (Å²) in [4.78, 5) is 0. The maximum absolute atomic E-state index is 12.0. The molecule has 0 saturated carbocycles. The normalized spacial score (nSPS) is 27.0. The summed E-state index contributed by atoms with van der Waals surface area (Å²) >= 11 is 0. The summed E-state index contributed by atoms with van der Waals surface area (Å²) in [5.41, 5.74) is 1.02. The molecule has 0 aromatic heterocycles. The molecule has 106 valence electrons. The van der Waals surface area contributed by atoms with Crippen LogP contribution in [0.5, 0.6) is 11.5 Å². The van der Waals surface area contributed by atoms with Crippen LogP contribution in [-0.2, 0) is 10.8 Å². The Bertz CT molecular complexity index is 464. The number of hydrogen-bond acceptors (Lipinski definition) is 4. The van der Waals surface area contributed by atoms with Gasteiger partial charge < -0.3 is 14.8 Å². The van der Waals surface area contributed by atoms with Gasteiger partial charge in [0.15, 0.2) is 0 Å². The number of rotatable bonds is 4. The average Bonchev–Trinajstić information content (AvgIpc) is 2.45. The minimum Gasteiger partial charge on any atom is -0.497 e. The Morgan fingerprint density at radius 2 is 2.11 bits per heavy atom. The van der Waals surface area contributed by atoms with E-state index in [1.807, 2.05) is 18.2 Å². The molecule has 4 nitrogen and oxygen atoms in total. The molecule has 0 aliphatic carbocycles. The molecule has 0 radical (unpaired) electrons. The van der Waals surface area contributed by atoms with Crippen molar-refractivity contribution in [2.75, 3.05) is 25.7 Å². The van der Waals surface area contributed by atoms with Crippen molar-refractivity contribution in [3.05, 3.63) is 23.8 Å². The quantitative estimate of drug-likeness (QED) is 0.916. The van der Waals surface area contributed by atoms with E-state index in [9.17, 15) is 4.21 Å². The van der Waals surface area contributed by atoms with E-state index in [4.69, 9.17) is 9.47 Å². The fraction of sp³-hybridized carbons (Fsp3) is 0.571. The Morgan fingerprint density at radius 3 is 2.74 bits per heavy atom. The van der Waals surface area contributed by atoms with Gasteiger partial charge in [0.2, 0.25) is 0 Å². The highest BCUT2D eigenvalue weighted by Gasteiger charge is 2.27. The number of hydrogen-bond donors (Lipinski definition) is 1. The molecule has 5 heteroatoms. The molecule has 1 saturated heterocycles. The Morgan fingerprint density at radius 1 is 1.32 bits per heavy atom. The van der Waals surface area contributed by atoms with Gasteiger partial charge in [0.1, 0.15) is 11.5 Å². The highest BCUT2D eigenvalue weighted by atomic mass is 32.2. The van der Waals surface area contributed by atoms with Crippen LogP contribution in [0.25, 0.3) is 0 Å². The van der Waals surface area contributed by atoms with Crippen molar-refractivity contribution in [3.63, 3.8) is 0 Å². The predicted octanol–water partition coefficient (Wildman–Crippen LogP) is 1.88. The lowest BCUT2D eigenvalue weighted by molar-refractivity contribution is 0.384. The van der Waals surface area contributed by atoms with Crippen LogP contribution >= 0.6 is 0 Å². The summed E-state index contributed by atoms with van der Waals surface area (Å²) in [5.74, 6) is 2.97. The predicted molar refractivity (Wildman–Crippen MR) is 77.4 cm³/mol. The van der Waals surface area contributed by atoms with Gasteiger partial charge in [0.05, 0.1) is 14.2 Å². The van der Waals surface area contributed by atoms with Gasteiger partial charge in [-0.3, -0.25) is 4.21 Å². The van der Waals surface area contributed by atoms with Crippen LogP contribution in [0.3, 0.4) is 0 Å². The van der Waals surface area contributed by atoms with Crippen LogP contribution in [0.1, 0.15) is 24.9 Å². The first kappa shape index (κ1) is 14.3. The van der Waals surface area contributed by atoms with E-state index in [1.165, 1.54) is 0 Å². The summed E-state index contributed by atoms with van der Waals surface area (Å²) < 4.78 is 22.6. The van der Waals surface area contributed by atoms with Crippen LogP contribution in [-0.4, -0.2) is 36.0 Å². The monoisotopic (exact) mass is 283 g/mol. The topological polar surface area (TPSA) is 47.6 Å². The number of nitrogens with one attached hydrogen (secondary N) is 1. The van der Waals surface area contributed by atoms with E-state index >= 15 is 0 Å². The molecule has 3 unspecified atom stereocenters. The molecular weight excluding hydrogens is 262 g/mol. The Kier molecular flexibility index (Phi) is 4.82. The first-order valence-electron chi connectivity index (χ1n) is 6.50. The summed E-state index contributed by atoms with van der Waals surface area (Å²) in [6, 6.07) is 6.10. The fourth-order valence-electron chi connectivity index (χ4n) is 2.39. The smallest absolute Gasteiger partial charge is 0.123 e. The number of ether oxygens (including phenoxy) is 2. The molecule has 0 amide bonds. The van der Waals surface area contributed by atoms with Crippen molar-refractivity contribution >= 4 is 10.8 Å². The largest absolute Gasteiger partial charge is 0.497 e. The molecule has 1 aromatic rings. The van der Waals surface area contributed by atoms with Gasteiger partial charge in [-0.15, -0.1) is 0 Å². The summed E-state index contributed by atoms with van der Waals surface area (Å²) in [6.45, 7) is 2.11. The lowest BCUT2D eigenvalue weighted by atomic mass is 10.0. The first-order valence-corrected chi connectivity index (χ1v) is 7.99. The molecule has 0 spiro atoms. The third kappa shape index (κ3) is 3.28. The van der Waals surface area contributed by atoms with E-state index in [2.05, 4.69) is 12.2 Å². The van der Waals surface area contributed by atoms with Crippen molar-refractivity contribution in [2.24, 2.45) is 0 Å². The molecule has 1 aromatic carbocycles. The second-order valence-corrected chi connectivity index (χ2v) is 6.25. The van der Waals surface area contributed by atoms with E-state index in [0.717, 1.165) is 29.2 Å². The number of benzene rings is 1. The van der Waals surface area contributed by atoms with Crippen LogP contribution in [0.4, 0.5) is 0 Å². The molecule has 3 atom stereocenters. The van der Waals surface area contributed by atoms with Crippen molar-refractivity contribution in [1.29, 1.82) is 0 Å². The van der Waals surface area contributed by atoms with E-state index < -0.39 is 10.8 Å². The zero-order chi connectivity index (χ0) is 13.8. The molecule has 2 rings (SSSR count). The van der Waals surface area contributed by atoms with Crippen molar-refractivity contribution in [1.82, 2.24) is 5.32 Å². The molecule has 1 aliphatic rings.